The molecule has 4 heteroatoms. The third-order valence-electron chi connectivity index (χ3n) is 6.91. The van der Waals surface area contributed by atoms with E-state index in [1.807, 2.05) is 125 Å². The molecule has 0 heterocycles. The Balaban J connectivity index is 2.03. The molecule has 0 aliphatic rings. The maximum atomic E-state index is 13.3. The summed E-state index contributed by atoms with van der Waals surface area (Å²) in [6.45, 7) is 7.84. The van der Waals surface area contributed by atoms with E-state index < -0.39 is 29.2 Å². The number of benzene rings is 3. The molecule has 0 amide bonds. The minimum Gasteiger partial charge on any atom is -0.454 e. The average Bonchev–Trinajstić information content (AvgIpc) is 2.89. The summed E-state index contributed by atoms with van der Waals surface area (Å²) >= 11 is 0. The van der Waals surface area contributed by atoms with E-state index in [2.05, 4.69) is 0 Å². The summed E-state index contributed by atoms with van der Waals surface area (Å²) in [5.74, 6) is -0.573. The molecule has 3 aromatic rings. The monoisotopic (exact) mass is 472 g/mol. The van der Waals surface area contributed by atoms with Gasteiger partial charge >= 0.3 is 5.97 Å². The Bertz CT molecular complexity index is 1060. The van der Waals surface area contributed by atoms with Gasteiger partial charge in [-0.3, -0.25) is 4.79 Å². The minimum atomic E-state index is -1.64. The Morgan fingerprint density at radius 2 is 1.34 bits per heavy atom. The first-order chi connectivity index (χ1) is 16.7. The summed E-state index contributed by atoms with van der Waals surface area (Å²) in [4.78, 5) is 13.3. The fourth-order valence-electron chi connectivity index (χ4n) is 4.71. The van der Waals surface area contributed by atoms with Crippen LogP contribution in [-0.4, -0.2) is 22.3 Å². The van der Waals surface area contributed by atoms with Crippen LogP contribution in [0.1, 0.15) is 63.3 Å². The van der Waals surface area contributed by atoms with Crippen molar-refractivity contribution >= 4 is 5.97 Å². The van der Waals surface area contributed by atoms with Gasteiger partial charge in [-0.05, 0) is 30.0 Å². The predicted molar refractivity (Wildman–Crippen MR) is 140 cm³/mol. The van der Waals surface area contributed by atoms with E-state index in [1.54, 1.807) is 0 Å². The normalized spacial score (nSPS) is 14.3. The maximum Gasteiger partial charge on any atom is 0.309 e. The largest absolute Gasteiger partial charge is 0.454 e. The second-order valence-electron chi connectivity index (χ2n) is 9.39. The number of rotatable bonds is 10. The SMILES string of the molecule is C/C=C(\CC)C(C)(C)[C@@H](O)CC(=O)O[C@@H](c1ccccc1)C(O)(c1ccccc1)c1ccccc1. The van der Waals surface area contributed by atoms with Gasteiger partial charge in [0, 0.05) is 5.41 Å². The summed E-state index contributed by atoms with van der Waals surface area (Å²) in [5.41, 5.74) is 0.722. The van der Waals surface area contributed by atoms with Gasteiger partial charge in [0.05, 0.1) is 12.5 Å². The molecule has 0 aromatic heterocycles. The van der Waals surface area contributed by atoms with Crippen LogP contribution in [-0.2, 0) is 15.1 Å². The molecule has 0 bridgehead atoms. The van der Waals surface area contributed by atoms with Crippen molar-refractivity contribution in [3.63, 3.8) is 0 Å². The molecule has 3 rings (SSSR count). The molecule has 2 N–H and O–H groups in total. The third kappa shape index (κ3) is 5.72. The fraction of sp³-hybridized carbons (Fsp3) is 0.323. The van der Waals surface area contributed by atoms with E-state index in [1.165, 1.54) is 0 Å². The molecular weight excluding hydrogens is 436 g/mol. The third-order valence-corrected chi connectivity index (χ3v) is 6.91. The van der Waals surface area contributed by atoms with Crippen molar-refractivity contribution in [1.82, 2.24) is 0 Å². The highest BCUT2D eigenvalue weighted by molar-refractivity contribution is 5.71. The van der Waals surface area contributed by atoms with Gasteiger partial charge in [-0.25, -0.2) is 0 Å². The molecule has 0 spiro atoms. The van der Waals surface area contributed by atoms with Crippen molar-refractivity contribution < 1.29 is 19.7 Å². The average molecular weight is 473 g/mol. The van der Waals surface area contributed by atoms with Gasteiger partial charge in [-0.1, -0.05) is 123 Å². The molecule has 0 aliphatic carbocycles. The maximum absolute atomic E-state index is 13.3. The molecule has 3 aromatic carbocycles. The van der Waals surface area contributed by atoms with Crippen LogP contribution in [0, 0.1) is 5.41 Å². The molecule has 0 saturated carbocycles. The summed E-state index contributed by atoms with van der Waals surface area (Å²) in [6, 6.07) is 27.7. The van der Waals surface area contributed by atoms with Gasteiger partial charge in [0.25, 0.3) is 0 Å². The van der Waals surface area contributed by atoms with Gasteiger partial charge in [-0.2, -0.15) is 0 Å². The fourth-order valence-corrected chi connectivity index (χ4v) is 4.71. The van der Waals surface area contributed by atoms with Crippen LogP contribution in [0.4, 0.5) is 0 Å². The Morgan fingerprint density at radius 1 is 0.886 bits per heavy atom. The number of carbonyl (C=O) groups is 1. The van der Waals surface area contributed by atoms with Crippen LogP contribution in [0.5, 0.6) is 0 Å². The Morgan fingerprint density at radius 3 is 1.77 bits per heavy atom. The highest BCUT2D eigenvalue weighted by Gasteiger charge is 2.44. The minimum absolute atomic E-state index is 0.187. The molecule has 0 radical (unpaired) electrons. The highest BCUT2D eigenvalue weighted by atomic mass is 16.6. The predicted octanol–water partition coefficient (Wildman–Crippen LogP) is 6.34. The van der Waals surface area contributed by atoms with Gasteiger partial charge in [0.1, 0.15) is 0 Å². The van der Waals surface area contributed by atoms with Gasteiger partial charge < -0.3 is 14.9 Å². The van der Waals surface area contributed by atoms with E-state index in [4.69, 9.17) is 4.74 Å². The Hall–Kier alpha value is -3.21. The zero-order chi connectivity index (χ0) is 25.5. The van der Waals surface area contributed by atoms with Crippen LogP contribution in [0.2, 0.25) is 0 Å². The number of esters is 1. The lowest BCUT2D eigenvalue weighted by atomic mass is 9.76. The van der Waals surface area contributed by atoms with E-state index >= 15 is 0 Å². The van der Waals surface area contributed by atoms with E-state index in [0.717, 1.165) is 12.0 Å². The molecule has 0 aliphatic heterocycles. The molecule has 0 fully saturated rings. The number of allylic oxidation sites excluding steroid dienone is 1. The van der Waals surface area contributed by atoms with Crippen molar-refractivity contribution in [2.45, 2.75) is 58.3 Å². The first-order valence-electron chi connectivity index (χ1n) is 12.2. The quantitative estimate of drug-likeness (QED) is 0.267. The summed E-state index contributed by atoms with van der Waals surface area (Å²) in [5, 5.41) is 23.3. The first kappa shape index (κ1) is 26.4. The molecule has 35 heavy (non-hydrogen) atoms. The Labute approximate surface area is 208 Å². The van der Waals surface area contributed by atoms with Crippen molar-refractivity contribution in [2.24, 2.45) is 5.41 Å². The first-order valence-corrected chi connectivity index (χ1v) is 12.2. The summed E-state index contributed by atoms with van der Waals surface area (Å²) in [6.07, 6.45) is 0.630. The van der Waals surface area contributed by atoms with Crippen molar-refractivity contribution in [1.29, 1.82) is 0 Å². The Kier molecular flexibility index (Phi) is 8.66. The van der Waals surface area contributed by atoms with E-state index in [9.17, 15) is 15.0 Å². The topological polar surface area (TPSA) is 66.8 Å². The molecule has 0 saturated heterocycles. The number of aliphatic hydroxyl groups is 2. The molecule has 4 nitrogen and oxygen atoms in total. The van der Waals surface area contributed by atoms with Crippen LogP contribution in [0.3, 0.4) is 0 Å². The van der Waals surface area contributed by atoms with Crippen molar-refractivity contribution in [3.8, 4) is 0 Å². The van der Waals surface area contributed by atoms with Crippen LogP contribution >= 0.6 is 0 Å². The van der Waals surface area contributed by atoms with Crippen LogP contribution in [0.15, 0.2) is 103 Å². The van der Waals surface area contributed by atoms with Crippen molar-refractivity contribution in [3.05, 3.63) is 119 Å². The standard InChI is InChI=1S/C31H36O4/c1-5-24(6-2)30(3,4)27(32)22-28(33)35-29(23-16-10-7-11-17-23)31(34,25-18-12-8-13-19-25)26-20-14-9-15-21-26/h5,7-21,27,29,32,34H,6,22H2,1-4H3/b24-5+/t27-,29-/m0/s1. The van der Waals surface area contributed by atoms with E-state index in [0.29, 0.717) is 16.7 Å². The lowest BCUT2D eigenvalue weighted by molar-refractivity contribution is -0.167. The number of aliphatic hydroxyl groups excluding tert-OH is 1. The summed E-state index contributed by atoms with van der Waals surface area (Å²) in [7, 11) is 0. The van der Waals surface area contributed by atoms with Gasteiger partial charge in [0.2, 0.25) is 0 Å². The smallest absolute Gasteiger partial charge is 0.309 e. The molecular formula is C31H36O4. The molecule has 184 valence electrons. The number of carbonyl (C=O) groups excluding carboxylic acids is 1. The van der Waals surface area contributed by atoms with Crippen LogP contribution < -0.4 is 0 Å². The number of hydrogen-bond donors (Lipinski definition) is 2. The number of hydrogen-bond acceptors (Lipinski definition) is 4. The second kappa shape index (κ2) is 11.5. The number of ether oxygens (including phenoxy) is 1. The van der Waals surface area contributed by atoms with E-state index in [-0.39, 0.29) is 6.42 Å². The molecule has 2 atom stereocenters. The zero-order valence-electron chi connectivity index (χ0n) is 21.0. The lowest BCUT2D eigenvalue weighted by Crippen LogP contribution is -2.39. The lowest BCUT2D eigenvalue weighted by Gasteiger charge is -2.38. The van der Waals surface area contributed by atoms with Crippen LogP contribution in [0.25, 0.3) is 0 Å². The highest BCUT2D eigenvalue weighted by Crippen LogP contribution is 2.44. The van der Waals surface area contributed by atoms with Gasteiger partial charge in [0.15, 0.2) is 11.7 Å². The zero-order valence-corrected chi connectivity index (χ0v) is 21.0. The van der Waals surface area contributed by atoms with Gasteiger partial charge in [-0.15, -0.1) is 0 Å². The second-order valence-corrected chi connectivity index (χ2v) is 9.39. The van der Waals surface area contributed by atoms with Crippen molar-refractivity contribution in [2.75, 3.05) is 0 Å². The summed E-state index contributed by atoms with van der Waals surface area (Å²) < 4.78 is 6.05. The molecule has 0 unspecified atom stereocenters.